The van der Waals surface area contributed by atoms with E-state index in [2.05, 4.69) is 0 Å². The molecule has 0 spiro atoms. The van der Waals surface area contributed by atoms with Gasteiger partial charge in [0, 0.05) is 22.5 Å². The van der Waals surface area contributed by atoms with Crippen molar-refractivity contribution in [2.75, 3.05) is 13.3 Å². The summed E-state index contributed by atoms with van der Waals surface area (Å²) in [5.41, 5.74) is 1.97. The first kappa shape index (κ1) is 26.5. The summed E-state index contributed by atoms with van der Waals surface area (Å²) in [4.78, 5) is 16.6. The molecule has 192 valence electrons. The van der Waals surface area contributed by atoms with Crippen LogP contribution in [0.2, 0.25) is 5.02 Å². The van der Waals surface area contributed by atoms with E-state index in [1.165, 1.54) is 28.6 Å². The lowest BCUT2D eigenvalue weighted by Crippen LogP contribution is -2.46. The Labute approximate surface area is 221 Å². The molecule has 1 amide bonds. The number of nitrogens with zero attached hydrogens (tertiary/aromatic N) is 2. The van der Waals surface area contributed by atoms with Crippen molar-refractivity contribution in [3.05, 3.63) is 74.9 Å². The number of carbonyl (C=O) groups is 1. The molecular formula is C26H29ClN2O5S2. The highest BCUT2D eigenvalue weighted by molar-refractivity contribution is 7.89. The van der Waals surface area contributed by atoms with Crippen molar-refractivity contribution in [1.29, 1.82) is 0 Å². The fourth-order valence-corrected chi connectivity index (χ4v) is 6.59. The maximum absolute atomic E-state index is 13.7. The van der Waals surface area contributed by atoms with Crippen LogP contribution in [-0.2, 0) is 27.9 Å². The molecule has 1 atom stereocenters. The van der Waals surface area contributed by atoms with Crippen LogP contribution in [-0.4, -0.2) is 42.9 Å². The average molecular weight is 549 g/mol. The highest BCUT2D eigenvalue weighted by Gasteiger charge is 2.32. The molecule has 1 aliphatic heterocycles. The molecule has 36 heavy (non-hydrogen) atoms. The van der Waals surface area contributed by atoms with Crippen molar-refractivity contribution in [3.63, 3.8) is 0 Å². The first-order valence-electron chi connectivity index (χ1n) is 11.7. The van der Waals surface area contributed by atoms with Crippen molar-refractivity contribution in [2.24, 2.45) is 0 Å². The highest BCUT2D eigenvalue weighted by Crippen LogP contribution is 2.33. The third-order valence-electron chi connectivity index (χ3n) is 6.26. The third kappa shape index (κ3) is 5.86. The number of sulfonamides is 1. The van der Waals surface area contributed by atoms with Gasteiger partial charge in [0.15, 0.2) is 11.5 Å². The molecule has 7 nitrogen and oxygen atoms in total. The molecule has 0 N–H and O–H groups in total. The number of thiophene rings is 1. The van der Waals surface area contributed by atoms with Gasteiger partial charge in [0.05, 0.1) is 18.0 Å². The summed E-state index contributed by atoms with van der Waals surface area (Å²) >= 11 is 7.54. The Bertz CT molecular complexity index is 1320. The molecule has 0 aliphatic carbocycles. The number of fused-ring (bicyclic) bond motifs is 1. The number of carbonyl (C=O) groups excluding carboxylic acids is 1. The predicted octanol–water partition coefficient (Wildman–Crippen LogP) is 5.46. The zero-order chi connectivity index (χ0) is 25.9. The molecule has 0 saturated carbocycles. The number of hydrogen-bond donors (Lipinski definition) is 0. The average Bonchev–Trinajstić information content (AvgIpc) is 3.50. The molecule has 1 aliphatic rings. The van der Waals surface area contributed by atoms with Crippen LogP contribution in [0.25, 0.3) is 0 Å². The minimum absolute atomic E-state index is 0.108. The number of amides is 1. The minimum atomic E-state index is -3.92. The predicted molar refractivity (Wildman–Crippen MR) is 141 cm³/mol. The molecule has 0 saturated heterocycles. The summed E-state index contributed by atoms with van der Waals surface area (Å²) in [7, 11) is -3.92. The van der Waals surface area contributed by atoms with Gasteiger partial charge in [-0.25, -0.2) is 8.42 Å². The highest BCUT2D eigenvalue weighted by atomic mass is 35.5. The van der Waals surface area contributed by atoms with Gasteiger partial charge in [0.2, 0.25) is 22.7 Å². The first-order chi connectivity index (χ1) is 17.2. The molecule has 3 aromatic rings. The molecule has 2 aromatic carbocycles. The van der Waals surface area contributed by atoms with Gasteiger partial charge in [-0.1, -0.05) is 24.6 Å². The number of hydrogen-bond acceptors (Lipinski definition) is 6. The fraction of sp³-hybridized carbons (Fsp3) is 0.346. The molecule has 2 heterocycles. The largest absolute Gasteiger partial charge is 0.454 e. The van der Waals surface area contributed by atoms with E-state index < -0.39 is 10.0 Å². The number of rotatable bonds is 10. The number of ether oxygens (including phenoxy) is 2. The van der Waals surface area contributed by atoms with Crippen molar-refractivity contribution in [2.45, 2.75) is 51.2 Å². The van der Waals surface area contributed by atoms with Crippen LogP contribution in [0.15, 0.2) is 58.8 Å². The summed E-state index contributed by atoms with van der Waals surface area (Å²) < 4.78 is 39.3. The van der Waals surface area contributed by atoms with Crippen LogP contribution in [0.5, 0.6) is 11.5 Å². The van der Waals surface area contributed by atoms with Gasteiger partial charge >= 0.3 is 0 Å². The maximum atomic E-state index is 13.7. The summed E-state index contributed by atoms with van der Waals surface area (Å²) in [5, 5.41) is 2.44. The standard InChI is InChI=1S/C26H29ClN2O5S2/c1-4-19(3)29(36(31,32)22-8-6-21(27)7-9-22)16-26(30)28(15-25-18(2)11-12-35-25)14-20-5-10-23-24(13-20)34-17-33-23/h5-13,19H,4,14-17H2,1-3H3/t19-/m1/s1. The quantitative estimate of drug-likeness (QED) is 0.336. The van der Waals surface area contributed by atoms with Crippen LogP contribution >= 0.6 is 22.9 Å². The lowest BCUT2D eigenvalue weighted by molar-refractivity contribution is -0.133. The van der Waals surface area contributed by atoms with Gasteiger partial charge in [0.1, 0.15) is 0 Å². The van der Waals surface area contributed by atoms with Crippen LogP contribution in [0, 0.1) is 6.92 Å². The second-order valence-corrected chi connectivity index (χ2v) is 12.1. The first-order valence-corrected chi connectivity index (χ1v) is 14.4. The van der Waals surface area contributed by atoms with Gasteiger partial charge in [-0.3, -0.25) is 4.79 Å². The Balaban J connectivity index is 1.62. The van der Waals surface area contributed by atoms with Crippen molar-refractivity contribution < 1.29 is 22.7 Å². The van der Waals surface area contributed by atoms with Gasteiger partial charge in [0.25, 0.3) is 0 Å². The zero-order valence-corrected chi connectivity index (χ0v) is 22.8. The summed E-state index contributed by atoms with van der Waals surface area (Å²) in [6.07, 6.45) is 0.562. The van der Waals surface area contributed by atoms with Crippen molar-refractivity contribution in [3.8, 4) is 11.5 Å². The Hall–Kier alpha value is -2.59. The molecule has 10 heteroatoms. The molecule has 0 fully saturated rings. The molecule has 1 aromatic heterocycles. The van der Waals surface area contributed by atoms with E-state index in [1.807, 2.05) is 50.4 Å². The Kier molecular flexibility index (Phi) is 8.24. The van der Waals surface area contributed by atoms with Crippen LogP contribution in [0.4, 0.5) is 0 Å². The summed E-state index contributed by atoms with van der Waals surface area (Å²) in [6, 6.07) is 13.2. The van der Waals surface area contributed by atoms with Crippen LogP contribution < -0.4 is 9.47 Å². The number of halogens is 1. The second-order valence-electron chi connectivity index (χ2n) is 8.73. The fourth-order valence-electron chi connectivity index (χ4n) is 3.89. The van der Waals surface area contributed by atoms with Gasteiger partial charge in [-0.2, -0.15) is 4.31 Å². The normalized spacial score (nSPS) is 13.7. The third-order valence-corrected chi connectivity index (χ3v) is 9.49. The lowest BCUT2D eigenvalue weighted by atomic mass is 10.1. The van der Waals surface area contributed by atoms with E-state index in [1.54, 1.807) is 16.2 Å². The molecule has 0 radical (unpaired) electrons. The Morgan fingerprint density at radius 3 is 2.47 bits per heavy atom. The summed E-state index contributed by atoms with van der Waals surface area (Å²) in [6.45, 7) is 6.31. The maximum Gasteiger partial charge on any atom is 0.243 e. The molecule has 0 unspecified atom stereocenters. The Morgan fingerprint density at radius 2 is 1.81 bits per heavy atom. The van der Waals surface area contributed by atoms with Crippen LogP contribution in [0.3, 0.4) is 0 Å². The summed E-state index contributed by atoms with van der Waals surface area (Å²) in [5.74, 6) is 1.03. The number of aryl methyl sites for hydroxylation is 1. The van der Waals surface area contributed by atoms with Gasteiger partial charge in [-0.15, -0.1) is 11.3 Å². The monoisotopic (exact) mass is 548 g/mol. The van der Waals surface area contributed by atoms with E-state index in [0.29, 0.717) is 36.0 Å². The van der Waals surface area contributed by atoms with Gasteiger partial charge < -0.3 is 14.4 Å². The molecule has 0 bridgehead atoms. The second kappa shape index (κ2) is 11.2. The SMILES string of the molecule is CC[C@@H](C)N(CC(=O)N(Cc1ccc2c(c1)OCO2)Cc1sccc1C)S(=O)(=O)c1ccc(Cl)cc1. The van der Waals surface area contributed by atoms with Crippen molar-refractivity contribution >= 4 is 38.9 Å². The van der Waals surface area contributed by atoms with E-state index in [4.69, 9.17) is 21.1 Å². The zero-order valence-electron chi connectivity index (χ0n) is 20.4. The molecular weight excluding hydrogens is 520 g/mol. The molecule has 4 rings (SSSR count). The Morgan fingerprint density at radius 1 is 1.08 bits per heavy atom. The minimum Gasteiger partial charge on any atom is -0.454 e. The van der Waals surface area contributed by atoms with E-state index >= 15 is 0 Å². The van der Waals surface area contributed by atoms with E-state index in [9.17, 15) is 13.2 Å². The van der Waals surface area contributed by atoms with Crippen molar-refractivity contribution in [1.82, 2.24) is 9.21 Å². The topological polar surface area (TPSA) is 76.2 Å². The van der Waals surface area contributed by atoms with E-state index in [-0.39, 0.29) is 30.2 Å². The smallest absolute Gasteiger partial charge is 0.243 e. The van der Waals surface area contributed by atoms with E-state index in [0.717, 1.165) is 16.0 Å². The van der Waals surface area contributed by atoms with Crippen LogP contribution in [0.1, 0.15) is 36.3 Å². The van der Waals surface area contributed by atoms with Gasteiger partial charge in [-0.05, 0) is 79.2 Å². The lowest BCUT2D eigenvalue weighted by Gasteiger charge is -2.30. The number of benzene rings is 2.